The molecule has 0 spiro atoms. The number of rotatable bonds is 5. The van der Waals surface area contributed by atoms with Gasteiger partial charge >= 0.3 is 0 Å². The Balaban J connectivity index is 1.79. The number of halogens is 1. The van der Waals surface area contributed by atoms with Crippen molar-refractivity contribution in [1.29, 1.82) is 0 Å². The summed E-state index contributed by atoms with van der Waals surface area (Å²) in [7, 11) is 0. The molecular weight excluding hydrogens is 373 g/mol. The van der Waals surface area contributed by atoms with E-state index in [0.717, 1.165) is 37.6 Å². The van der Waals surface area contributed by atoms with E-state index in [1.165, 1.54) is 11.8 Å². The molecule has 0 unspecified atom stereocenters. The van der Waals surface area contributed by atoms with Crippen molar-refractivity contribution >= 4 is 34.4 Å². The molecule has 0 aliphatic rings. The number of nitrogens with zero attached hydrogens (tertiary/aromatic N) is 1. The first-order chi connectivity index (χ1) is 13.2. The summed E-state index contributed by atoms with van der Waals surface area (Å²) < 4.78 is 14.9. The van der Waals surface area contributed by atoms with Gasteiger partial charge in [0, 0.05) is 26.3 Å². The highest BCUT2D eigenvalue weighted by molar-refractivity contribution is 7.99. The Morgan fingerprint density at radius 3 is 2.11 bits per heavy atom. The molecule has 0 fully saturated rings. The maximum atomic E-state index is 14.9. The third-order valence-electron chi connectivity index (χ3n) is 4.26. The SMILES string of the molecule is CCc1cnc2cc(Sc3ccccc3)c(F)cc2c1Sc1ccccc1. The van der Waals surface area contributed by atoms with Gasteiger partial charge in [0.2, 0.25) is 0 Å². The molecule has 0 amide bonds. The lowest BCUT2D eigenvalue weighted by atomic mass is 10.1. The Kier molecular flexibility index (Phi) is 5.46. The van der Waals surface area contributed by atoms with E-state index in [4.69, 9.17) is 0 Å². The third kappa shape index (κ3) is 4.02. The molecule has 0 aliphatic carbocycles. The van der Waals surface area contributed by atoms with Crippen LogP contribution in [0.4, 0.5) is 4.39 Å². The Hall–Kier alpha value is -2.30. The molecule has 0 bridgehead atoms. The standard InChI is InChI=1S/C23H18FNS2/c1-2-16-15-25-21-14-22(26-17-9-5-3-6-10-17)20(24)13-19(21)23(16)27-18-11-7-4-8-12-18/h3-15H,2H2,1H3. The van der Waals surface area contributed by atoms with Crippen LogP contribution in [0, 0.1) is 5.82 Å². The average molecular weight is 392 g/mol. The van der Waals surface area contributed by atoms with Crippen molar-refractivity contribution in [3.63, 3.8) is 0 Å². The minimum Gasteiger partial charge on any atom is -0.256 e. The van der Waals surface area contributed by atoms with Gasteiger partial charge in [-0.15, -0.1) is 0 Å². The molecule has 134 valence electrons. The first kappa shape index (κ1) is 18.1. The fourth-order valence-electron chi connectivity index (χ4n) is 2.88. The Labute approximate surface area is 167 Å². The minimum absolute atomic E-state index is 0.207. The van der Waals surface area contributed by atoms with Crippen LogP contribution < -0.4 is 0 Å². The van der Waals surface area contributed by atoms with Gasteiger partial charge in [-0.05, 0) is 48.4 Å². The smallest absolute Gasteiger partial charge is 0.137 e. The van der Waals surface area contributed by atoms with Gasteiger partial charge in [0.15, 0.2) is 0 Å². The normalized spacial score (nSPS) is 11.0. The van der Waals surface area contributed by atoms with Crippen LogP contribution in [0.2, 0.25) is 0 Å². The summed E-state index contributed by atoms with van der Waals surface area (Å²) >= 11 is 3.10. The second-order valence-electron chi connectivity index (χ2n) is 6.10. The number of aromatic nitrogens is 1. The number of pyridine rings is 1. The number of aryl methyl sites for hydroxylation is 1. The Bertz CT molecular complexity index is 1070. The number of hydrogen-bond acceptors (Lipinski definition) is 3. The van der Waals surface area contributed by atoms with Gasteiger partial charge in [0.25, 0.3) is 0 Å². The van der Waals surface area contributed by atoms with Crippen LogP contribution in [0.25, 0.3) is 10.9 Å². The van der Waals surface area contributed by atoms with Crippen molar-refractivity contribution in [2.24, 2.45) is 0 Å². The van der Waals surface area contributed by atoms with Gasteiger partial charge in [-0.2, -0.15) is 0 Å². The summed E-state index contributed by atoms with van der Waals surface area (Å²) in [5.74, 6) is -0.207. The largest absolute Gasteiger partial charge is 0.256 e. The molecule has 1 nitrogen and oxygen atoms in total. The summed E-state index contributed by atoms with van der Waals surface area (Å²) in [4.78, 5) is 8.44. The number of hydrogen-bond donors (Lipinski definition) is 0. The van der Waals surface area contributed by atoms with Crippen molar-refractivity contribution in [2.45, 2.75) is 32.9 Å². The number of fused-ring (bicyclic) bond motifs is 1. The minimum atomic E-state index is -0.207. The van der Waals surface area contributed by atoms with Gasteiger partial charge in [-0.25, -0.2) is 4.39 Å². The molecule has 0 aliphatic heterocycles. The van der Waals surface area contributed by atoms with Crippen LogP contribution in [0.3, 0.4) is 0 Å². The monoisotopic (exact) mass is 391 g/mol. The van der Waals surface area contributed by atoms with Crippen LogP contribution in [-0.4, -0.2) is 4.98 Å². The van der Waals surface area contributed by atoms with Crippen molar-refractivity contribution < 1.29 is 4.39 Å². The molecule has 27 heavy (non-hydrogen) atoms. The van der Waals surface area contributed by atoms with Crippen LogP contribution in [-0.2, 0) is 6.42 Å². The summed E-state index contributed by atoms with van der Waals surface area (Å²) in [5, 5.41) is 0.873. The molecule has 4 aromatic rings. The van der Waals surface area contributed by atoms with Crippen LogP contribution in [0.5, 0.6) is 0 Å². The lowest BCUT2D eigenvalue weighted by molar-refractivity contribution is 0.604. The molecule has 0 saturated heterocycles. The van der Waals surface area contributed by atoms with E-state index in [9.17, 15) is 4.39 Å². The van der Waals surface area contributed by atoms with E-state index < -0.39 is 0 Å². The third-order valence-corrected chi connectivity index (χ3v) is 6.50. The zero-order chi connectivity index (χ0) is 18.6. The lowest BCUT2D eigenvalue weighted by Gasteiger charge is -2.13. The Morgan fingerprint density at radius 1 is 0.852 bits per heavy atom. The molecule has 1 heterocycles. The Morgan fingerprint density at radius 2 is 1.48 bits per heavy atom. The highest BCUT2D eigenvalue weighted by Crippen LogP contribution is 2.39. The zero-order valence-corrected chi connectivity index (χ0v) is 16.5. The number of benzene rings is 3. The van der Waals surface area contributed by atoms with Gasteiger partial charge in [0.05, 0.1) is 10.4 Å². The van der Waals surface area contributed by atoms with Gasteiger partial charge in [-0.1, -0.05) is 66.8 Å². The molecular formula is C23H18FNS2. The highest BCUT2D eigenvalue weighted by atomic mass is 32.2. The van der Waals surface area contributed by atoms with E-state index in [-0.39, 0.29) is 5.82 Å². The van der Waals surface area contributed by atoms with Gasteiger partial charge < -0.3 is 0 Å². The van der Waals surface area contributed by atoms with E-state index in [1.807, 2.05) is 60.8 Å². The van der Waals surface area contributed by atoms with Crippen LogP contribution in [0.1, 0.15) is 12.5 Å². The average Bonchev–Trinajstić information content (AvgIpc) is 2.71. The summed E-state index contributed by atoms with van der Waals surface area (Å²) in [6.07, 6.45) is 2.78. The van der Waals surface area contributed by atoms with E-state index >= 15 is 0 Å². The van der Waals surface area contributed by atoms with E-state index in [0.29, 0.717) is 4.90 Å². The predicted molar refractivity (Wildman–Crippen MR) is 112 cm³/mol. The van der Waals surface area contributed by atoms with E-state index in [1.54, 1.807) is 17.8 Å². The lowest BCUT2D eigenvalue weighted by Crippen LogP contribution is -1.93. The molecule has 4 rings (SSSR count). The molecule has 0 atom stereocenters. The first-order valence-electron chi connectivity index (χ1n) is 8.81. The summed E-state index contributed by atoms with van der Waals surface area (Å²) in [6, 6.07) is 23.5. The van der Waals surface area contributed by atoms with E-state index in [2.05, 4.69) is 24.0 Å². The summed E-state index contributed by atoms with van der Waals surface area (Å²) in [6.45, 7) is 2.11. The van der Waals surface area contributed by atoms with Crippen molar-refractivity contribution in [1.82, 2.24) is 4.98 Å². The topological polar surface area (TPSA) is 12.9 Å². The maximum Gasteiger partial charge on any atom is 0.137 e. The van der Waals surface area contributed by atoms with Crippen LogP contribution >= 0.6 is 23.5 Å². The highest BCUT2D eigenvalue weighted by Gasteiger charge is 2.14. The predicted octanol–water partition coefficient (Wildman–Crippen LogP) is 7.24. The fourth-order valence-corrected chi connectivity index (χ4v) is 4.89. The molecule has 0 N–H and O–H groups in total. The molecule has 1 aromatic heterocycles. The first-order valence-corrected chi connectivity index (χ1v) is 10.4. The second kappa shape index (κ2) is 8.15. The fraction of sp³-hybridized carbons (Fsp3) is 0.0870. The van der Waals surface area contributed by atoms with Crippen LogP contribution in [0.15, 0.2) is 98.6 Å². The second-order valence-corrected chi connectivity index (χ2v) is 8.30. The van der Waals surface area contributed by atoms with Crippen molar-refractivity contribution in [3.05, 3.63) is 90.4 Å². The zero-order valence-electron chi connectivity index (χ0n) is 14.9. The molecule has 0 saturated carbocycles. The maximum absolute atomic E-state index is 14.9. The molecule has 3 aromatic carbocycles. The van der Waals surface area contributed by atoms with Gasteiger partial charge in [0.1, 0.15) is 5.82 Å². The summed E-state index contributed by atoms with van der Waals surface area (Å²) in [5.41, 5.74) is 1.96. The van der Waals surface area contributed by atoms with Crippen molar-refractivity contribution in [2.75, 3.05) is 0 Å². The molecule has 4 heteroatoms. The van der Waals surface area contributed by atoms with Crippen molar-refractivity contribution in [3.8, 4) is 0 Å². The van der Waals surface area contributed by atoms with Gasteiger partial charge in [-0.3, -0.25) is 4.98 Å². The molecule has 0 radical (unpaired) electrons. The quantitative estimate of drug-likeness (QED) is 0.356.